The van der Waals surface area contributed by atoms with Crippen LogP contribution in [0.4, 0.5) is 5.69 Å². The predicted octanol–water partition coefficient (Wildman–Crippen LogP) is 4.06. The summed E-state index contributed by atoms with van der Waals surface area (Å²) >= 11 is 0. The maximum atomic E-state index is 4.24. The molecule has 0 atom stereocenters. The molecule has 0 bridgehead atoms. The maximum absolute atomic E-state index is 4.24. The molecule has 0 aromatic heterocycles. The molecule has 20 heavy (non-hydrogen) atoms. The Labute approximate surface area is 124 Å². The van der Waals surface area contributed by atoms with Crippen LogP contribution in [0.3, 0.4) is 0 Å². The van der Waals surface area contributed by atoms with Crippen molar-refractivity contribution in [1.29, 1.82) is 0 Å². The highest BCUT2D eigenvalue weighted by Gasteiger charge is 2.19. The fourth-order valence-electron chi connectivity index (χ4n) is 2.67. The van der Waals surface area contributed by atoms with Gasteiger partial charge in [-0.05, 0) is 49.4 Å². The van der Waals surface area contributed by atoms with Crippen LogP contribution >= 0.6 is 0 Å². The monoisotopic (exact) mass is 272 g/mol. The van der Waals surface area contributed by atoms with Crippen molar-refractivity contribution in [2.75, 3.05) is 18.5 Å². The first kappa shape index (κ1) is 15.0. The molecule has 0 amide bonds. The molecule has 1 heterocycles. The van der Waals surface area contributed by atoms with E-state index in [0.717, 1.165) is 19.5 Å². The Morgan fingerprint density at radius 1 is 1.20 bits per heavy atom. The minimum atomic E-state index is 0.530. The van der Waals surface area contributed by atoms with Gasteiger partial charge in [0.05, 0.1) is 0 Å². The Balaban J connectivity index is 2.17. The average molecular weight is 272 g/mol. The van der Waals surface area contributed by atoms with E-state index in [2.05, 4.69) is 69.3 Å². The maximum Gasteiger partial charge on any atom is 0.0429 e. The highest BCUT2D eigenvalue weighted by atomic mass is 15.1. The quantitative estimate of drug-likeness (QED) is 0.815. The molecular weight excluding hydrogens is 244 g/mol. The van der Waals surface area contributed by atoms with E-state index in [1.165, 1.54) is 22.5 Å². The predicted molar refractivity (Wildman–Crippen MR) is 88.1 cm³/mol. The highest BCUT2D eigenvalue weighted by Crippen LogP contribution is 2.28. The van der Waals surface area contributed by atoms with Gasteiger partial charge in [-0.1, -0.05) is 26.5 Å². The van der Waals surface area contributed by atoms with Crippen LogP contribution in [0.2, 0.25) is 0 Å². The second-order valence-electron chi connectivity index (χ2n) is 6.48. The number of anilines is 1. The van der Waals surface area contributed by atoms with Crippen LogP contribution in [0, 0.1) is 5.92 Å². The van der Waals surface area contributed by atoms with Crippen LogP contribution in [0.1, 0.15) is 38.8 Å². The first-order valence-corrected chi connectivity index (χ1v) is 7.68. The van der Waals surface area contributed by atoms with Gasteiger partial charge in [-0.25, -0.2) is 0 Å². The Bertz CT molecular complexity index is 488. The van der Waals surface area contributed by atoms with E-state index in [9.17, 15) is 0 Å². The summed E-state index contributed by atoms with van der Waals surface area (Å²) in [5.74, 6) is 0.530. The second-order valence-corrected chi connectivity index (χ2v) is 6.48. The molecule has 2 heteroatoms. The third-order valence-corrected chi connectivity index (χ3v) is 4.46. The molecule has 0 fully saturated rings. The van der Waals surface area contributed by atoms with Gasteiger partial charge in [0.25, 0.3) is 0 Å². The van der Waals surface area contributed by atoms with Crippen molar-refractivity contribution < 1.29 is 0 Å². The smallest absolute Gasteiger partial charge is 0.0429 e. The summed E-state index contributed by atoms with van der Waals surface area (Å²) in [6, 6.07) is 7.45. The molecule has 0 unspecified atom stereocenters. The number of hydrogen-bond acceptors (Lipinski definition) is 2. The number of rotatable bonds is 4. The van der Waals surface area contributed by atoms with Crippen LogP contribution in [0.15, 0.2) is 30.5 Å². The zero-order chi connectivity index (χ0) is 14.9. The lowest BCUT2D eigenvalue weighted by Crippen LogP contribution is -2.32. The van der Waals surface area contributed by atoms with Crippen molar-refractivity contribution in [3.05, 3.63) is 41.6 Å². The third-order valence-electron chi connectivity index (χ3n) is 4.46. The number of benzene rings is 1. The highest BCUT2D eigenvalue weighted by molar-refractivity contribution is 5.51. The van der Waals surface area contributed by atoms with Gasteiger partial charge in [0.1, 0.15) is 0 Å². The molecule has 0 N–H and O–H groups in total. The van der Waals surface area contributed by atoms with Crippen LogP contribution in [-0.4, -0.2) is 24.5 Å². The summed E-state index contributed by atoms with van der Waals surface area (Å²) in [5.41, 5.74) is 5.55. The average Bonchev–Trinajstić information content (AvgIpc) is 2.44. The number of nitrogens with zero attached hydrogens (tertiary/aromatic N) is 2. The Kier molecular flexibility index (Phi) is 4.42. The van der Waals surface area contributed by atoms with Gasteiger partial charge in [-0.2, -0.15) is 0 Å². The molecule has 110 valence electrons. The van der Waals surface area contributed by atoms with Gasteiger partial charge < -0.3 is 9.80 Å². The van der Waals surface area contributed by atoms with E-state index < -0.39 is 0 Å². The molecule has 1 aromatic rings. The summed E-state index contributed by atoms with van der Waals surface area (Å²) in [5, 5.41) is 0. The standard InChI is InChI=1S/C18H28N2/c1-13(2)15(5)20-10-9-16-11-18(19(6)14(3)4)8-7-17(16)12-20/h7-8,11,13-14H,5,9-10,12H2,1-4,6H3. The summed E-state index contributed by atoms with van der Waals surface area (Å²) in [6.07, 6.45) is 1.13. The zero-order valence-electron chi connectivity index (χ0n) is 13.6. The van der Waals surface area contributed by atoms with Gasteiger partial charge in [0.15, 0.2) is 0 Å². The minimum absolute atomic E-state index is 0.530. The normalized spacial score (nSPS) is 14.7. The number of hydrogen-bond donors (Lipinski definition) is 0. The van der Waals surface area contributed by atoms with Crippen molar-refractivity contribution in [1.82, 2.24) is 4.90 Å². The molecule has 2 nitrogen and oxygen atoms in total. The third kappa shape index (κ3) is 3.00. The van der Waals surface area contributed by atoms with E-state index >= 15 is 0 Å². The Hall–Kier alpha value is -1.44. The molecule has 0 saturated heterocycles. The van der Waals surface area contributed by atoms with Gasteiger partial charge in [-0.3, -0.25) is 0 Å². The summed E-state index contributed by atoms with van der Waals surface area (Å²) in [6.45, 7) is 15.2. The zero-order valence-corrected chi connectivity index (χ0v) is 13.6. The van der Waals surface area contributed by atoms with Crippen molar-refractivity contribution >= 4 is 5.69 Å². The van der Waals surface area contributed by atoms with Gasteiger partial charge in [0.2, 0.25) is 0 Å². The second kappa shape index (κ2) is 5.90. The minimum Gasteiger partial charge on any atom is -0.372 e. The molecule has 2 rings (SSSR count). The molecule has 0 aliphatic carbocycles. The van der Waals surface area contributed by atoms with E-state index in [0.29, 0.717) is 12.0 Å². The number of fused-ring (bicyclic) bond motifs is 1. The fraction of sp³-hybridized carbons (Fsp3) is 0.556. The summed E-state index contributed by atoms with van der Waals surface area (Å²) in [7, 11) is 2.17. The molecule has 0 saturated carbocycles. The van der Waals surface area contributed by atoms with E-state index in [1.807, 2.05) is 0 Å². The fourth-order valence-corrected chi connectivity index (χ4v) is 2.67. The van der Waals surface area contributed by atoms with Crippen molar-refractivity contribution in [2.45, 2.75) is 46.7 Å². The molecule has 1 aliphatic rings. The largest absolute Gasteiger partial charge is 0.372 e. The van der Waals surface area contributed by atoms with Crippen molar-refractivity contribution in [3.63, 3.8) is 0 Å². The number of allylic oxidation sites excluding steroid dienone is 1. The first-order chi connectivity index (χ1) is 9.40. The molecule has 1 aromatic carbocycles. The Morgan fingerprint density at radius 2 is 1.90 bits per heavy atom. The van der Waals surface area contributed by atoms with E-state index in [-0.39, 0.29) is 0 Å². The molecule has 1 aliphatic heterocycles. The van der Waals surface area contributed by atoms with Crippen molar-refractivity contribution in [3.8, 4) is 0 Å². The lowest BCUT2D eigenvalue weighted by atomic mass is 9.97. The lowest BCUT2D eigenvalue weighted by Gasteiger charge is -2.34. The van der Waals surface area contributed by atoms with Crippen LogP contribution in [-0.2, 0) is 13.0 Å². The lowest BCUT2D eigenvalue weighted by molar-refractivity contribution is 0.294. The molecule has 0 spiro atoms. The topological polar surface area (TPSA) is 6.48 Å². The SMILES string of the molecule is C=C(C(C)C)N1CCc2cc(N(C)C(C)C)ccc2C1. The van der Waals surface area contributed by atoms with Crippen LogP contribution in [0.25, 0.3) is 0 Å². The van der Waals surface area contributed by atoms with Crippen molar-refractivity contribution in [2.24, 2.45) is 5.92 Å². The van der Waals surface area contributed by atoms with E-state index in [4.69, 9.17) is 0 Å². The van der Waals surface area contributed by atoms with Crippen LogP contribution in [0.5, 0.6) is 0 Å². The molecule has 0 radical (unpaired) electrons. The van der Waals surface area contributed by atoms with Gasteiger partial charge in [-0.15, -0.1) is 0 Å². The summed E-state index contributed by atoms with van der Waals surface area (Å²) in [4.78, 5) is 4.76. The first-order valence-electron chi connectivity index (χ1n) is 7.68. The Morgan fingerprint density at radius 3 is 2.50 bits per heavy atom. The van der Waals surface area contributed by atoms with Gasteiger partial charge in [0, 0.05) is 37.6 Å². The molecular formula is C18H28N2. The van der Waals surface area contributed by atoms with Crippen LogP contribution < -0.4 is 4.90 Å². The van der Waals surface area contributed by atoms with E-state index in [1.54, 1.807) is 0 Å². The van der Waals surface area contributed by atoms with Gasteiger partial charge >= 0.3 is 0 Å². The summed E-state index contributed by atoms with van der Waals surface area (Å²) < 4.78 is 0.